The van der Waals surface area contributed by atoms with Gasteiger partial charge in [-0.3, -0.25) is 9.59 Å². The minimum Gasteiger partial charge on any atom is -0.481 e. The molecule has 1 atom stereocenters. The molecule has 0 spiro atoms. The van der Waals surface area contributed by atoms with Crippen LogP contribution in [0.25, 0.3) is 5.69 Å². The molecule has 1 unspecified atom stereocenters. The summed E-state index contributed by atoms with van der Waals surface area (Å²) in [5, 5.41) is 13.0. The van der Waals surface area contributed by atoms with Crippen LogP contribution in [-0.4, -0.2) is 39.5 Å². The zero-order valence-corrected chi connectivity index (χ0v) is 13.8. The maximum Gasteiger partial charge on any atom is 0.311 e. The van der Waals surface area contributed by atoms with Crippen molar-refractivity contribution >= 4 is 11.8 Å². The van der Waals surface area contributed by atoms with Gasteiger partial charge in [-0.15, -0.1) is 0 Å². The first-order valence-electron chi connectivity index (χ1n) is 8.24. The molecule has 1 fully saturated rings. The second kappa shape index (κ2) is 8.04. The van der Waals surface area contributed by atoms with Gasteiger partial charge in [0.2, 0.25) is 0 Å². The first kappa shape index (κ1) is 17.3. The third-order valence-corrected chi connectivity index (χ3v) is 3.95. The van der Waals surface area contributed by atoms with Gasteiger partial charge >= 0.3 is 5.97 Å². The quantitative estimate of drug-likeness (QED) is 0.613. The van der Waals surface area contributed by atoms with Gasteiger partial charge in [-0.1, -0.05) is 12.1 Å². The van der Waals surface area contributed by atoms with E-state index in [1.54, 1.807) is 35.1 Å². The van der Waals surface area contributed by atoms with Crippen molar-refractivity contribution in [3.05, 3.63) is 47.8 Å². The molecule has 1 saturated heterocycles. The SMILES string of the molecule is O=C(O)CC(=O)c1cccc(-n2cc(COC3CCCCO3)cn2)c1. The molecule has 2 heterocycles. The summed E-state index contributed by atoms with van der Waals surface area (Å²) in [5.74, 6) is -1.57. The van der Waals surface area contributed by atoms with Crippen LogP contribution in [0.3, 0.4) is 0 Å². The molecule has 1 aliphatic rings. The molecule has 0 radical (unpaired) electrons. The van der Waals surface area contributed by atoms with Crippen molar-refractivity contribution < 1.29 is 24.2 Å². The highest BCUT2D eigenvalue weighted by molar-refractivity contribution is 6.05. The van der Waals surface area contributed by atoms with Crippen LogP contribution in [-0.2, 0) is 20.9 Å². The average molecular weight is 344 g/mol. The minimum atomic E-state index is -1.14. The van der Waals surface area contributed by atoms with E-state index in [1.807, 2.05) is 6.20 Å². The van der Waals surface area contributed by atoms with Gasteiger partial charge in [0.1, 0.15) is 6.42 Å². The summed E-state index contributed by atoms with van der Waals surface area (Å²) in [6, 6.07) is 6.74. The largest absolute Gasteiger partial charge is 0.481 e. The van der Waals surface area contributed by atoms with Gasteiger partial charge in [0.15, 0.2) is 12.1 Å². The van der Waals surface area contributed by atoms with Crippen molar-refractivity contribution in [3.63, 3.8) is 0 Å². The third kappa shape index (κ3) is 4.74. The lowest BCUT2D eigenvalue weighted by Gasteiger charge is -2.22. The number of Topliss-reactive ketones (excluding diaryl/α,β-unsaturated/α-hetero) is 1. The molecule has 3 rings (SSSR count). The van der Waals surface area contributed by atoms with Crippen LogP contribution in [0.5, 0.6) is 0 Å². The van der Waals surface area contributed by atoms with E-state index in [0.717, 1.165) is 31.4 Å². The number of hydrogen-bond acceptors (Lipinski definition) is 5. The monoisotopic (exact) mass is 344 g/mol. The zero-order chi connectivity index (χ0) is 17.6. The van der Waals surface area contributed by atoms with Crippen molar-refractivity contribution in [1.82, 2.24) is 9.78 Å². The standard InChI is InChI=1S/C18H20N2O5/c21-16(9-17(22)23)14-4-3-5-15(8-14)20-11-13(10-19-20)12-25-18-6-1-2-7-24-18/h3-5,8,10-11,18H,1-2,6-7,9,12H2,(H,22,23). The summed E-state index contributed by atoms with van der Waals surface area (Å²) in [7, 11) is 0. The lowest BCUT2D eigenvalue weighted by molar-refractivity contribution is -0.168. The van der Waals surface area contributed by atoms with Gasteiger partial charge in [0.05, 0.1) is 18.5 Å². The number of ether oxygens (including phenoxy) is 2. The van der Waals surface area contributed by atoms with Gasteiger partial charge < -0.3 is 14.6 Å². The number of rotatable bonds is 7. The second-order valence-corrected chi connectivity index (χ2v) is 5.94. The van der Waals surface area contributed by atoms with Crippen LogP contribution < -0.4 is 0 Å². The number of nitrogens with zero attached hydrogens (tertiary/aromatic N) is 2. The Kier molecular flexibility index (Phi) is 5.57. The fourth-order valence-electron chi connectivity index (χ4n) is 2.67. The molecular formula is C18H20N2O5. The van der Waals surface area contributed by atoms with Crippen molar-refractivity contribution in [3.8, 4) is 5.69 Å². The number of ketones is 1. The number of carboxylic acids is 1. The summed E-state index contributed by atoms with van der Waals surface area (Å²) in [6.45, 7) is 1.14. The normalized spacial score (nSPS) is 17.4. The molecular weight excluding hydrogens is 324 g/mol. The summed E-state index contributed by atoms with van der Waals surface area (Å²) < 4.78 is 12.9. The van der Waals surface area contributed by atoms with Gasteiger partial charge in [-0.05, 0) is 31.4 Å². The van der Waals surface area contributed by atoms with E-state index in [4.69, 9.17) is 14.6 Å². The van der Waals surface area contributed by atoms with Crippen LogP contribution in [0.15, 0.2) is 36.7 Å². The Hall–Kier alpha value is -2.51. The maximum atomic E-state index is 11.9. The first-order chi connectivity index (χ1) is 12.1. The highest BCUT2D eigenvalue weighted by Crippen LogP contribution is 2.17. The predicted octanol–water partition coefficient (Wildman–Crippen LogP) is 2.57. The molecule has 132 valence electrons. The number of aliphatic carboxylic acids is 1. The summed E-state index contributed by atoms with van der Waals surface area (Å²) >= 11 is 0. The van der Waals surface area contributed by atoms with Gasteiger partial charge in [-0.2, -0.15) is 5.10 Å². The topological polar surface area (TPSA) is 90.7 Å². The molecule has 0 amide bonds. The molecule has 7 heteroatoms. The van der Waals surface area contributed by atoms with Crippen molar-refractivity contribution in [2.75, 3.05) is 6.61 Å². The van der Waals surface area contributed by atoms with E-state index in [-0.39, 0.29) is 6.29 Å². The Labute approximate surface area is 145 Å². The Bertz CT molecular complexity index is 749. The molecule has 1 aliphatic heterocycles. The fourth-order valence-corrected chi connectivity index (χ4v) is 2.67. The molecule has 2 aromatic rings. The second-order valence-electron chi connectivity index (χ2n) is 5.94. The molecule has 0 aliphatic carbocycles. The number of aromatic nitrogens is 2. The van der Waals surface area contributed by atoms with E-state index in [1.165, 1.54) is 0 Å². The highest BCUT2D eigenvalue weighted by Gasteiger charge is 2.15. The number of carbonyl (C=O) groups is 2. The first-order valence-corrected chi connectivity index (χ1v) is 8.24. The number of carboxylic acid groups (broad SMARTS) is 1. The van der Waals surface area contributed by atoms with Crippen LogP contribution >= 0.6 is 0 Å². The molecule has 1 aromatic heterocycles. The summed E-state index contributed by atoms with van der Waals surface area (Å²) in [4.78, 5) is 22.6. The average Bonchev–Trinajstić information content (AvgIpc) is 3.09. The number of hydrogen-bond donors (Lipinski definition) is 1. The zero-order valence-electron chi connectivity index (χ0n) is 13.8. The van der Waals surface area contributed by atoms with E-state index in [0.29, 0.717) is 17.9 Å². The minimum absolute atomic E-state index is 0.158. The Morgan fingerprint density at radius 3 is 3.00 bits per heavy atom. The van der Waals surface area contributed by atoms with Crippen LogP contribution in [0.2, 0.25) is 0 Å². The van der Waals surface area contributed by atoms with Crippen LogP contribution in [0, 0.1) is 0 Å². The van der Waals surface area contributed by atoms with Crippen molar-refractivity contribution in [2.45, 2.75) is 38.6 Å². The van der Waals surface area contributed by atoms with E-state index >= 15 is 0 Å². The van der Waals surface area contributed by atoms with Crippen molar-refractivity contribution in [1.29, 1.82) is 0 Å². The molecule has 25 heavy (non-hydrogen) atoms. The molecule has 7 nitrogen and oxygen atoms in total. The molecule has 0 saturated carbocycles. The Morgan fingerprint density at radius 2 is 2.24 bits per heavy atom. The Morgan fingerprint density at radius 1 is 1.36 bits per heavy atom. The number of benzene rings is 1. The van der Waals surface area contributed by atoms with Crippen molar-refractivity contribution in [2.24, 2.45) is 0 Å². The van der Waals surface area contributed by atoms with Gasteiger partial charge in [0.25, 0.3) is 0 Å². The van der Waals surface area contributed by atoms with Gasteiger partial charge in [-0.25, -0.2) is 4.68 Å². The summed E-state index contributed by atoms with van der Waals surface area (Å²) in [5.41, 5.74) is 1.94. The van der Waals surface area contributed by atoms with Gasteiger partial charge in [0, 0.05) is 23.9 Å². The number of carbonyl (C=O) groups excluding carboxylic acids is 1. The molecule has 1 N–H and O–H groups in total. The highest BCUT2D eigenvalue weighted by atomic mass is 16.7. The summed E-state index contributed by atoms with van der Waals surface area (Å²) in [6.07, 6.45) is 5.94. The predicted molar refractivity (Wildman–Crippen MR) is 88.5 cm³/mol. The van der Waals surface area contributed by atoms with Crippen LogP contribution in [0.1, 0.15) is 41.6 Å². The van der Waals surface area contributed by atoms with E-state index in [2.05, 4.69) is 5.10 Å². The Balaban J connectivity index is 1.65. The maximum absolute atomic E-state index is 11.9. The lowest BCUT2D eigenvalue weighted by atomic mass is 10.1. The van der Waals surface area contributed by atoms with Crippen LogP contribution in [0.4, 0.5) is 0 Å². The fraction of sp³-hybridized carbons (Fsp3) is 0.389. The van der Waals surface area contributed by atoms with E-state index in [9.17, 15) is 9.59 Å². The third-order valence-electron chi connectivity index (χ3n) is 3.95. The van der Waals surface area contributed by atoms with E-state index < -0.39 is 18.2 Å². The lowest BCUT2D eigenvalue weighted by Crippen LogP contribution is -2.21. The molecule has 1 aromatic carbocycles. The molecule has 0 bridgehead atoms. The smallest absolute Gasteiger partial charge is 0.311 e.